The summed E-state index contributed by atoms with van der Waals surface area (Å²) in [6, 6.07) is 12.2. The number of carbonyl (C=O) groups excluding carboxylic acids is 1. The van der Waals surface area contributed by atoms with Crippen LogP contribution in [0.1, 0.15) is 26.3 Å². The fraction of sp³-hybridized carbons (Fsp3) is 0.286. The van der Waals surface area contributed by atoms with E-state index >= 15 is 0 Å². The Kier molecular flexibility index (Phi) is 6.29. The molecule has 0 fully saturated rings. The molecule has 0 spiro atoms. The Labute approximate surface area is 178 Å². The summed E-state index contributed by atoms with van der Waals surface area (Å²) in [6.45, 7) is 6.50. The molecule has 0 aliphatic rings. The minimum Gasteiger partial charge on any atom is -0.323 e. The lowest BCUT2D eigenvalue weighted by Crippen LogP contribution is -2.15. The number of nitrogens with one attached hydrogen (secondary N) is 1. The van der Waals surface area contributed by atoms with Crippen LogP contribution in [0.15, 0.2) is 47.6 Å². The first kappa shape index (κ1) is 21.3. The summed E-state index contributed by atoms with van der Waals surface area (Å²) >= 11 is 7.07. The van der Waals surface area contributed by atoms with Crippen LogP contribution in [0, 0.1) is 5.82 Å². The Morgan fingerprint density at radius 3 is 2.52 bits per heavy atom. The van der Waals surface area contributed by atoms with Gasteiger partial charge < -0.3 is 9.88 Å². The highest BCUT2D eigenvalue weighted by atomic mass is 35.5. The van der Waals surface area contributed by atoms with Gasteiger partial charge >= 0.3 is 0 Å². The summed E-state index contributed by atoms with van der Waals surface area (Å²) in [5.74, 6) is -0.0992. The van der Waals surface area contributed by atoms with E-state index < -0.39 is 5.82 Å². The molecule has 1 amide bonds. The van der Waals surface area contributed by atoms with Gasteiger partial charge in [0.1, 0.15) is 5.82 Å². The molecule has 0 atom stereocenters. The third-order valence-corrected chi connectivity index (χ3v) is 5.63. The van der Waals surface area contributed by atoms with Crippen molar-refractivity contribution in [2.24, 2.45) is 7.05 Å². The number of anilines is 1. The number of hydrogen-bond acceptors (Lipinski definition) is 4. The molecule has 2 aromatic carbocycles. The van der Waals surface area contributed by atoms with Gasteiger partial charge in [0.05, 0.1) is 11.4 Å². The van der Waals surface area contributed by atoms with Crippen molar-refractivity contribution in [2.75, 3.05) is 11.1 Å². The molecule has 3 rings (SSSR count). The molecule has 0 aliphatic carbocycles. The molecule has 1 heterocycles. The zero-order valence-corrected chi connectivity index (χ0v) is 18.2. The Hall–Kier alpha value is -2.38. The first-order valence-corrected chi connectivity index (χ1v) is 10.4. The van der Waals surface area contributed by atoms with Crippen LogP contribution < -0.4 is 5.32 Å². The number of aromatic nitrogens is 3. The molecule has 3 aromatic rings. The lowest BCUT2D eigenvalue weighted by molar-refractivity contribution is -0.113. The Morgan fingerprint density at radius 1 is 1.17 bits per heavy atom. The molecule has 152 valence electrons. The molecule has 0 radical (unpaired) electrons. The quantitative estimate of drug-likeness (QED) is 0.555. The molecule has 0 aliphatic heterocycles. The van der Waals surface area contributed by atoms with Crippen molar-refractivity contribution in [3.63, 3.8) is 0 Å². The molecule has 1 aromatic heterocycles. The van der Waals surface area contributed by atoms with Crippen LogP contribution in [0.25, 0.3) is 11.4 Å². The lowest BCUT2D eigenvalue weighted by Gasteiger charge is -2.19. The zero-order valence-electron chi connectivity index (χ0n) is 16.7. The van der Waals surface area contributed by atoms with E-state index in [1.165, 1.54) is 35.5 Å². The highest BCUT2D eigenvalue weighted by molar-refractivity contribution is 7.99. The van der Waals surface area contributed by atoms with Crippen LogP contribution in [0.4, 0.5) is 10.1 Å². The van der Waals surface area contributed by atoms with E-state index in [-0.39, 0.29) is 22.8 Å². The van der Waals surface area contributed by atoms with Gasteiger partial charge in [-0.15, -0.1) is 10.2 Å². The molecule has 0 saturated heterocycles. The van der Waals surface area contributed by atoms with Crippen LogP contribution in [0.5, 0.6) is 0 Å². The predicted octanol–water partition coefficient (Wildman–Crippen LogP) is 5.30. The first-order chi connectivity index (χ1) is 13.6. The summed E-state index contributed by atoms with van der Waals surface area (Å²) in [5, 5.41) is 11.9. The number of hydrogen-bond donors (Lipinski definition) is 1. The SMILES string of the molecule is Cn1c(SCC(=O)Nc2cc(Cl)ccc2F)nnc1-c1ccc(C(C)(C)C)cc1. The van der Waals surface area contributed by atoms with Crippen molar-refractivity contribution in [2.45, 2.75) is 31.3 Å². The molecule has 5 nitrogen and oxygen atoms in total. The number of nitrogens with zero attached hydrogens (tertiary/aromatic N) is 3. The fourth-order valence-electron chi connectivity index (χ4n) is 2.72. The third kappa shape index (κ3) is 5.16. The van der Waals surface area contributed by atoms with E-state index in [4.69, 9.17) is 11.6 Å². The molecule has 29 heavy (non-hydrogen) atoms. The van der Waals surface area contributed by atoms with Gasteiger partial charge in [-0.25, -0.2) is 4.39 Å². The maximum atomic E-state index is 13.7. The molecular weight excluding hydrogens is 411 g/mol. The Bertz CT molecular complexity index is 1030. The molecular formula is C21H22ClFN4OS. The molecule has 0 saturated carbocycles. The van der Waals surface area contributed by atoms with Crippen molar-refractivity contribution in [1.29, 1.82) is 0 Å². The monoisotopic (exact) mass is 432 g/mol. The predicted molar refractivity (Wildman–Crippen MR) is 116 cm³/mol. The Morgan fingerprint density at radius 2 is 1.86 bits per heavy atom. The maximum Gasteiger partial charge on any atom is 0.234 e. The maximum absolute atomic E-state index is 13.7. The van der Waals surface area contributed by atoms with Gasteiger partial charge in [-0.3, -0.25) is 4.79 Å². The topological polar surface area (TPSA) is 59.8 Å². The number of thioether (sulfide) groups is 1. The van der Waals surface area contributed by atoms with Crippen molar-refractivity contribution < 1.29 is 9.18 Å². The van der Waals surface area contributed by atoms with Crippen molar-refractivity contribution >= 4 is 35.0 Å². The summed E-state index contributed by atoms with van der Waals surface area (Å²) in [4.78, 5) is 12.2. The van der Waals surface area contributed by atoms with Crippen LogP contribution in [-0.4, -0.2) is 26.4 Å². The average Bonchev–Trinajstić information content (AvgIpc) is 3.03. The van der Waals surface area contributed by atoms with Gasteiger partial charge in [0.2, 0.25) is 5.91 Å². The van der Waals surface area contributed by atoms with E-state index in [9.17, 15) is 9.18 Å². The summed E-state index contributed by atoms with van der Waals surface area (Å²) in [5.41, 5.74) is 2.32. The third-order valence-electron chi connectivity index (χ3n) is 4.38. The fourth-order valence-corrected chi connectivity index (χ4v) is 3.60. The van der Waals surface area contributed by atoms with Gasteiger partial charge in [-0.1, -0.05) is 68.4 Å². The Balaban J connectivity index is 1.67. The standard InChI is InChI=1S/C21H22ClFN4OS/c1-21(2,3)14-7-5-13(6-8-14)19-25-26-20(27(19)4)29-12-18(28)24-17-11-15(22)9-10-16(17)23/h5-11H,12H2,1-4H3,(H,24,28). The second kappa shape index (κ2) is 8.55. The minimum atomic E-state index is -0.535. The number of amides is 1. The second-order valence-corrected chi connectivity index (χ2v) is 9.03. The molecule has 1 N–H and O–H groups in total. The zero-order chi connectivity index (χ0) is 21.2. The van der Waals surface area contributed by atoms with E-state index in [0.29, 0.717) is 16.0 Å². The number of carbonyl (C=O) groups is 1. The molecule has 0 unspecified atom stereocenters. The average molecular weight is 433 g/mol. The van der Waals surface area contributed by atoms with Crippen LogP contribution in [-0.2, 0) is 17.3 Å². The summed E-state index contributed by atoms with van der Waals surface area (Å²) in [7, 11) is 1.85. The number of benzene rings is 2. The van der Waals surface area contributed by atoms with E-state index in [1.807, 2.05) is 23.7 Å². The lowest BCUT2D eigenvalue weighted by atomic mass is 9.87. The molecule has 8 heteroatoms. The van der Waals surface area contributed by atoms with Gasteiger partial charge in [0.15, 0.2) is 11.0 Å². The summed E-state index contributed by atoms with van der Waals surface area (Å²) < 4.78 is 15.6. The van der Waals surface area contributed by atoms with E-state index in [2.05, 4.69) is 48.4 Å². The smallest absolute Gasteiger partial charge is 0.234 e. The van der Waals surface area contributed by atoms with Crippen molar-refractivity contribution in [1.82, 2.24) is 14.8 Å². The van der Waals surface area contributed by atoms with Gasteiger partial charge in [-0.2, -0.15) is 0 Å². The number of halogens is 2. The van der Waals surface area contributed by atoms with Crippen molar-refractivity contribution in [3.8, 4) is 11.4 Å². The van der Waals surface area contributed by atoms with Gasteiger partial charge in [0, 0.05) is 17.6 Å². The normalized spacial score (nSPS) is 11.5. The summed E-state index contributed by atoms with van der Waals surface area (Å²) in [6.07, 6.45) is 0. The number of rotatable bonds is 5. The second-order valence-electron chi connectivity index (χ2n) is 7.65. The minimum absolute atomic E-state index is 0.0562. The highest BCUT2D eigenvalue weighted by Crippen LogP contribution is 2.27. The largest absolute Gasteiger partial charge is 0.323 e. The van der Waals surface area contributed by atoms with Crippen LogP contribution in [0.2, 0.25) is 5.02 Å². The van der Waals surface area contributed by atoms with E-state index in [1.54, 1.807) is 0 Å². The first-order valence-electron chi connectivity index (χ1n) is 9.03. The molecule has 0 bridgehead atoms. The highest BCUT2D eigenvalue weighted by Gasteiger charge is 2.16. The van der Waals surface area contributed by atoms with Crippen LogP contribution in [0.3, 0.4) is 0 Å². The van der Waals surface area contributed by atoms with E-state index in [0.717, 1.165) is 5.56 Å². The van der Waals surface area contributed by atoms with Gasteiger partial charge in [0.25, 0.3) is 0 Å². The van der Waals surface area contributed by atoms with Crippen LogP contribution >= 0.6 is 23.4 Å². The van der Waals surface area contributed by atoms with Gasteiger partial charge in [-0.05, 0) is 29.2 Å². The van der Waals surface area contributed by atoms with Crippen molar-refractivity contribution in [3.05, 3.63) is 58.9 Å².